The molecule has 0 atom stereocenters. The first kappa shape index (κ1) is 16.5. The van der Waals surface area contributed by atoms with Crippen molar-refractivity contribution in [1.29, 1.82) is 0 Å². The maximum Gasteiger partial charge on any atom is 0.337 e. The summed E-state index contributed by atoms with van der Waals surface area (Å²) in [5.74, 6) is -1.11. The molecular formula is C13H17BrN2O4. The number of carbonyl (C=O) groups is 2. The number of hydrogen-bond donors (Lipinski definition) is 3. The van der Waals surface area contributed by atoms with Gasteiger partial charge in [0.1, 0.15) is 0 Å². The van der Waals surface area contributed by atoms with E-state index in [0.29, 0.717) is 11.0 Å². The number of anilines is 1. The molecule has 0 fully saturated rings. The van der Waals surface area contributed by atoms with Crippen molar-refractivity contribution in [2.24, 2.45) is 0 Å². The van der Waals surface area contributed by atoms with Crippen LogP contribution in [0.5, 0.6) is 0 Å². The minimum Gasteiger partial charge on any atom is -0.478 e. The largest absolute Gasteiger partial charge is 0.478 e. The third kappa shape index (κ3) is 4.82. The van der Waals surface area contributed by atoms with Crippen molar-refractivity contribution in [1.82, 2.24) is 5.32 Å². The Labute approximate surface area is 125 Å². The molecule has 0 spiro atoms. The summed E-state index contributed by atoms with van der Waals surface area (Å²) in [6.07, 6.45) is 0. The molecule has 3 N–H and O–H groups in total. The first-order valence-electron chi connectivity index (χ1n) is 5.88. The minimum atomic E-state index is -1.11. The predicted octanol–water partition coefficient (Wildman–Crippen LogP) is 2.69. The van der Waals surface area contributed by atoms with Crippen LogP contribution >= 0.6 is 15.9 Å². The SMILES string of the molecule is COC(C)(C)CNC(=O)Nc1cc(Br)ccc1C(=O)O. The molecule has 6 nitrogen and oxygen atoms in total. The van der Waals surface area contributed by atoms with Gasteiger partial charge in [-0.2, -0.15) is 0 Å². The fourth-order valence-electron chi connectivity index (χ4n) is 1.34. The Bertz CT molecular complexity index is 517. The predicted molar refractivity (Wildman–Crippen MR) is 79.2 cm³/mol. The maximum absolute atomic E-state index is 11.8. The monoisotopic (exact) mass is 344 g/mol. The van der Waals surface area contributed by atoms with Crippen molar-refractivity contribution in [3.63, 3.8) is 0 Å². The van der Waals surface area contributed by atoms with Crippen molar-refractivity contribution < 1.29 is 19.4 Å². The number of urea groups is 1. The average Bonchev–Trinajstić information content (AvgIpc) is 2.36. The van der Waals surface area contributed by atoms with Crippen LogP contribution in [0.1, 0.15) is 24.2 Å². The van der Waals surface area contributed by atoms with Gasteiger partial charge in [-0.1, -0.05) is 15.9 Å². The summed E-state index contributed by atoms with van der Waals surface area (Å²) in [5.41, 5.74) is -0.251. The number of hydrogen-bond acceptors (Lipinski definition) is 3. The summed E-state index contributed by atoms with van der Waals surface area (Å²) in [7, 11) is 1.55. The van der Waals surface area contributed by atoms with Gasteiger partial charge in [0.25, 0.3) is 0 Å². The quantitative estimate of drug-likeness (QED) is 0.766. The number of amides is 2. The van der Waals surface area contributed by atoms with E-state index in [4.69, 9.17) is 9.84 Å². The third-order valence-electron chi connectivity index (χ3n) is 2.69. The lowest BCUT2D eigenvalue weighted by Gasteiger charge is -2.23. The van der Waals surface area contributed by atoms with E-state index in [-0.39, 0.29) is 11.3 Å². The number of carboxylic acids is 1. The van der Waals surface area contributed by atoms with E-state index in [1.807, 2.05) is 13.8 Å². The lowest BCUT2D eigenvalue weighted by Crippen LogP contribution is -2.41. The van der Waals surface area contributed by atoms with Gasteiger partial charge in [-0.25, -0.2) is 9.59 Å². The molecule has 110 valence electrons. The molecule has 0 saturated heterocycles. The van der Waals surface area contributed by atoms with E-state index in [9.17, 15) is 9.59 Å². The number of ether oxygens (including phenoxy) is 1. The molecular weight excluding hydrogens is 328 g/mol. The molecule has 2 amide bonds. The summed E-state index contributed by atoms with van der Waals surface area (Å²) in [4.78, 5) is 22.8. The van der Waals surface area contributed by atoms with Crippen LogP contribution < -0.4 is 10.6 Å². The molecule has 20 heavy (non-hydrogen) atoms. The highest BCUT2D eigenvalue weighted by Gasteiger charge is 2.18. The van der Waals surface area contributed by atoms with Crippen molar-refractivity contribution >= 4 is 33.6 Å². The molecule has 0 unspecified atom stereocenters. The normalized spacial score (nSPS) is 11.0. The number of methoxy groups -OCH3 is 1. The Morgan fingerprint density at radius 3 is 2.60 bits per heavy atom. The molecule has 0 heterocycles. The molecule has 0 bridgehead atoms. The molecule has 1 aromatic carbocycles. The van der Waals surface area contributed by atoms with Crippen LogP contribution in [0.4, 0.5) is 10.5 Å². The standard InChI is InChI=1S/C13H17BrN2O4/c1-13(2,20-3)7-15-12(19)16-10-6-8(14)4-5-9(10)11(17)18/h4-6H,7H2,1-3H3,(H,17,18)(H2,15,16,19). The van der Waals surface area contributed by atoms with Gasteiger partial charge >= 0.3 is 12.0 Å². The fraction of sp³-hybridized carbons (Fsp3) is 0.385. The minimum absolute atomic E-state index is 0.0225. The Morgan fingerprint density at radius 1 is 1.40 bits per heavy atom. The highest BCUT2D eigenvalue weighted by Crippen LogP contribution is 2.21. The second-order valence-electron chi connectivity index (χ2n) is 4.77. The second kappa shape index (κ2) is 6.71. The Morgan fingerprint density at radius 2 is 2.05 bits per heavy atom. The smallest absolute Gasteiger partial charge is 0.337 e. The molecule has 0 radical (unpaired) electrons. The Hall–Kier alpha value is -1.60. The fourth-order valence-corrected chi connectivity index (χ4v) is 1.70. The molecule has 0 aromatic heterocycles. The van der Waals surface area contributed by atoms with Gasteiger partial charge in [0, 0.05) is 18.1 Å². The van der Waals surface area contributed by atoms with Gasteiger partial charge in [-0.05, 0) is 32.0 Å². The highest BCUT2D eigenvalue weighted by molar-refractivity contribution is 9.10. The summed E-state index contributed by atoms with van der Waals surface area (Å²) in [6, 6.07) is 4.06. The number of benzene rings is 1. The van der Waals surface area contributed by atoms with Crippen molar-refractivity contribution in [2.75, 3.05) is 19.0 Å². The summed E-state index contributed by atoms with van der Waals surface area (Å²) < 4.78 is 5.85. The van der Waals surface area contributed by atoms with E-state index in [1.165, 1.54) is 12.1 Å². The number of nitrogens with one attached hydrogen (secondary N) is 2. The van der Waals surface area contributed by atoms with Gasteiger partial charge in [0.2, 0.25) is 0 Å². The average molecular weight is 345 g/mol. The molecule has 1 rings (SSSR count). The topological polar surface area (TPSA) is 87.7 Å². The van der Waals surface area contributed by atoms with E-state index in [2.05, 4.69) is 26.6 Å². The van der Waals surface area contributed by atoms with Gasteiger partial charge in [-0.3, -0.25) is 0 Å². The van der Waals surface area contributed by atoms with Gasteiger partial charge in [0.15, 0.2) is 0 Å². The molecule has 0 aliphatic heterocycles. The zero-order valence-electron chi connectivity index (χ0n) is 11.5. The molecule has 0 aliphatic carbocycles. The number of halogens is 1. The first-order chi connectivity index (χ1) is 9.25. The van der Waals surface area contributed by atoms with Crippen LogP contribution in [0.2, 0.25) is 0 Å². The summed E-state index contributed by atoms with van der Waals surface area (Å²) in [5, 5.41) is 14.2. The summed E-state index contributed by atoms with van der Waals surface area (Å²) in [6.45, 7) is 3.95. The van der Waals surface area contributed by atoms with E-state index < -0.39 is 17.6 Å². The molecule has 1 aromatic rings. The highest BCUT2D eigenvalue weighted by atomic mass is 79.9. The van der Waals surface area contributed by atoms with Gasteiger partial charge < -0.3 is 20.5 Å². The van der Waals surface area contributed by atoms with Crippen LogP contribution in [0.25, 0.3) is 0 Å². The maximum atomic E-state index is 11.8. The number of carbonyl (C=O) groups excluding carboxylic acids is 1. The van der Waals surface area contributed by atoms with E-state index >= 15 is 0 Å². The van der Waals surface area contributed by atoms with Crippen molar-refractivity contribution in [2.45, 2.75) is 19.4 Å². The third-order valence-corrected chi connectivity index (χ3v) is 3.18. The lowest BCUT2D eigenvalue weighted by atomic mass is 10.1. The zero-order chi connectivity index (χ0) is 15.3. The second-order valence-corrected chi connectivity index (χ2v) is 5.68. The van der Waals surface area contributed by atoms with Crippen LogP contribution in [-0.4, -0.2) is 36.4 Å². The number of rotatable bonds is 5. The molecule has 7 heteroatoms. The van der Waals surface area contributed by atoms with Gasteiger partial charge in [0.05, 0.1) is 16.9 Å². The lowest BCUT2D eigenvalue weighted by molar-refractivity contribution is 0.0257. The van der Waals surface area contributed by atoms with Crippen LogP contribution in [0.3, 0.4) is 0 Å². The first-order valence-corrected chi connectivity index (χ1v) is 6.67. The molecule has 0 saturated carbocycles. The zero-order valence-corrected chi connectivity index (χ0v) is 13.1. The van der Waals surface area contributed by atoms with Gasteiger partial charge in [-0.15, -0.1) is 0 Å². The van der Waals surface area contributed by atoms with E-state index in [0.717, 1.165) is 0 Å². The van der Waals surface area contributed by atoms with Crippen LogP contribution in [0.15, 0.2) is 22.7 Å². The summed E-state index contributed by atoms with van der Waals surface area (Å²) >= 11 is 3.23. The number of carboxylic acid groups (broad SMARTS) is 1. The van der Waals surface area contributed by atoms with Crippen LogP contribution in [0, 0.1) is 0 Å². The van der Waals surface area contributed by atoms with Crippen molar-refractivity contribution in [3.05, 3.63) is 28.2 Å². The molecule has 0 aliphatic rings. The Kier molecular flexibility index (Phi) is 5.52. The van der Waals surface area contributed by atoms with Crippen molar-refractivity contribution in [3.8, 4) is 0 Å². The van der Waals surface area contributed by atoms with E-state index in [1.54, 1.807) is 13.2 Å². The van der Waals surface area contributed by atoms with Crippen LogP contribution in [-0.2, 0) is 4.74 Å². The number of aromatic carboxylic acids is 1. The Balaban J connectivity index is 2.75.